The molecule has 10 nitrogen and oxygen atoms in total. The minimum atomic E-state index is -1.57. The van der Waals surface area contributed by atoms with Crippen LogP contribution in [-0.2, 0) is 26.9 Å². The number of morpholine rings is 1. The summed E-state index contributed by atoms with van der Waals surface area (Å²) in [5, 5.41) is 8.01. The van der Waals surface area contributed by atoms with Crippen LogP contribution < -0.4 is 14.4 Å². The lowest BCUT2D eigenvalue weighted by molar-refractivity contribution is -0.0492. The number of nitrogens with zero attached hydrogens (tertiary/aromatic N) is 3. The van der Waals surface area contributed by atoms with Crippen molar-refractivity contribution >= 4 is 34.2 Å². The summed E-state index contributed by atoms with van der Waals surface area (Å²) in [4.78, 5) is 21.2. The molecule has 7 atom stereocenters. The summed E-state index contributed by atoms with van der Waals surface area (Å²) in [5.74, 6) is 2.14. The molecule has 12 heteroatoms. The number of anilines is 1. The van der Waals surface area contributed by atoms with Crippen LogP contribution in [0.3, 0.4) is 0 Å². The van der Waals surface area contributed by atoms with E-state index in [1.807, 2.05) is 18.2 Å². The smallest absolute Gasteiger partial charge is 0.263 e. The van der Waals surface area contributed by atoms with Gasteiger partial charge in [0.2, 0.25) is 0 Å². The monoisotopic (exact) mass is 800 g/mol. The van der Waals surface area contributed by atoms with Crippen LogP contribution in [0.2, 0.25) is 5.02 Å². The lowest BCUT2D eigenvalue weighted by atomic mass is 9.66. The van der Waals surface area contributed by atoms with E-state index in [1.54, 1.807) is 27.0 Å². The van der Waals surface area contributed by atoms with Gasteiger partial charge in [-0.15, -0.1) is 0 Å². The molecule has 3 aliphatic heterocycles. The quantitative estimate of drug-likeness (QED) is 0.200. The van der Waals surface area contributed by atoms with Crippen LogP contribution in [0.15, 0.2) is 48.6 Å². The molecule has 2 aromatic carbocycles. The summed E-state index contributed by atoms with van der Waals surface area (Å²) in [5.41, 5.74) is 3.96. The van der Waals surface area contributed by atoms with E-state index < -0.39 is 11.0 Å². The van der Waals surface area contributed by atoms with Crippen molar-refractivity contribution in [2.75, 3.05) is 90.9 Å². The Balaban J connectivity index is 0.00000187. The number of ether oxygens (including phenoxy) is 3. The molecule has 1 saturated carbocycles. The Morgan fingerprint density at radius 3 is 2.65 bits per heavy atom. The molecule has 1 aliphatic carbocycles. The summed E-state index contributed by atoms with van der Waals surface area (Å²) in [6, 6.07) is 12.4. The Morgan fingerprint density at radius 2 is 1.93 bits per heavy atom. The van der Waals surface area contributed by atoms with Gasteiger partial charge in [-0.05, 0) is 98.7 Å². The number of carbonyl (C=O) groups is 1. The maximum absolute atomic E-state index is 13.4. The van der Waals surface area contributed by atoms with Crippen LogP contribution in [0.4, 0.5) is 5.69 Å². The maximum atomic E-state index is 13.4. The largest absolute Gasteiger partial charge is 0.491 e. The molecule has 0 spiro atoms. The van der Waals surface area contributed by atoms with Crippen LogP contribution in [-0.4, -0.2) is 122 Å². The van der Waals surface area contributed by atoms with Crippen molar-refractivity contribution < 1.29 is 28.3 Å². The SMILES string of the molecule is CC/C=C/C(CN1CCN2CCOCC2C1)C1CCC1CN1CC(c2ccc(Cl)cc2CCC)COc2ccc(C(=O)NS(=O)C(C)COC)cc21.CCO. The summed E-state index contributed by atoms with van der Waals surface area (Å²) in [6.45, 7) is 17.8. The van der Waals surface area contributed by atoms with E-state index in [0.29, 0.717) is 42.6 Å². The number of halogens is 1. The van der Waals surface area contributed by atoms with E-state index in [2.05, 4.69) is 57.6 Å². The number of hydrogen-bond acceptors (Lipinski definition) is 9. The Labute approximate surface area is 337 Å². The minimum absolute atomic E-state index is 0.134. The molecule has 306 valence electrons. The fourth-order valence-electron chi connectivity index (χ4n) is 8.60. The van der Waals surface area contributed by atoms with Crippen LogP contribution in [0.25, 0.3) is 0 Å². The first-order chi connectivity index (χ1) is 26.7. The highest BCUT2D eigenvalue weighted by Crippen LogP contribution is 2.44. The molecular weight excluding hydrogens is 736 g/mol. The van der Waals surface area contributed by atoms with Gasteiger partial charge in [-0.3, -0.25) is 19.3 Å². The predicted octanol–water partition coefficient (Wildman–Crippen LogP) is 6.33. The van der Waals surface area contributed by atoms with Gasteiger partial charge >= 0.3 is 0 Å². The highest BCUT2D eigenvalue weighted by atomic mass is 35.5. The van der Waals surface area contributed by atoms with E-state index in [-0.39, 0.29) is 23.7 Å². The molecule has 4 aliphatic rings. The fourth-order valence-corrected chi connectivity index (χ4v) is 9.55. The number of aryl methyl sites for hydroxylation is 1. The molecule has 2 saturated heterocycles. The number of amides is 1. The first-order valence-electron chi connectivity index (χ1n) is 20.5. The van der Waals surface area contributed by atoms with Gasteiger partial charge in [0.15, 0.2) is 0 Å². The third-order valence-electron chi connectivity index (χ3n) is 11.6. The van der Waals surface area contributed by atoms with Crippen molar-refractivity contribution in [1.29, 1.82) is 0 Å². The van der Waals surface area contributed by atoms with Crippen molar-refractivity contribution in [3.63, 3.8) is 0 Å². The Hall–Kier alpha value is -2.51. The fraction of sp³-hybridized carbons (Fsp3) is 0.651. The zero-order chi connectivity index (χ0) is 39.3. The first kappa shape index (κ1) is 43.6. The lowest BCUT2D eigenvalue weighted by Crippen LogP contribution is -2.59. The molecule has 2 aromatic rings. The average Bonchev–Trinajstić information content (AvgIpc) is 3.35. The minimum Gasteiger partial charge on any atom is -0.491 e. The zero-order valence-electron chi connectivity index (χ0n) is 33.7. The summed E-state index contributed by atoms with van der Waals surface area (Å²) >= 11 is 6.50. The van der Waals surface area contributed by atoms with Crippen molar-refractivity contribution in [1.82, 2.24) is 14.5 Å². The molecule has 6 rings (SSSR count). The Morgan fingerprint density at radius 1 is 1.11 bits per heavy atom. The van der Waals surface area contributed by atoms with Crippen LogP contribution in [0.1, 0.15) is 80.8 Å². The number of aliphatic hydroxyl groups is 1. The Kier molecular flexibility index (Phi) is 17.3. The van der Waals surface area contributed by atoms with E-state index in [4.69, 9.17) is 30.9 Å². The molecule has 0 aromatic heterocycles. The van der Waals surface area contributed by atoms with Crippen LogP contribution >= 0.6 is 11.6 Å². The van der Waals surface area contributed by atoms with Crippen molar-refractivity contribution in [2.24, 2.45) is 17.8 Å². The number of methoxy groups -OCH3 is 1. The van der Waals surface area contributed by atoms with Gasteiger partial charge in [0.05, 0.1) is 37.4 Å². The molecule has 7 unspecified atom stereocenters. The van der Waals surface area contributed by atoms with E-state index >= 15 is 0 Å². The van der Waals surface area contributed by atoms with E-state index in [9.17, 15) is 9.00 Å². The number of hydrogen-bond donors (Lipinski definition) is 2. The zero-order valence-corrected chi connectivity index (χ0v) is 35.3. The predicted molar refractivity (Wildman–Crippen MR) is 224 cm³/mol. The molecule has 2 N–H and O–H groups in total. The number of benzene rings is 2. The number of piperazine rings is 1. The van der Waals surface area contributed by atoms with Gasteiger partial charge in [0, 0.05) is 82.1 Å². The molecule has 1 amide bonds. The van der Waals surface area contributed by atoms with Gasteiger partial charge in [-0.1, -0.05) is 50.1 Å². The molecule has 55 heavy (non-hydrogen) atoms. The second-order valence-electron chi connectivity index (χ2n) is 15.5. The van der Waals surface area contributed by atoms with E-state index in [0.717, 1.165) is 94.7 Å². The summed E-state index contributed by atoms with van der Waals surface area (Å²) in [7, 11) is 0.00319. The third-order valence-corrected chi connectivity index (χ3v) is 13.0. The van der Waals surface area contributed by atoms with Crippen LogP contribution in [0, 0.1) is 17.8 Å². The maximum Gasteiger partial charge on any atom is 0.263 e. The normalized spacial score (nSPS) is 24.6. The lowest BCUT2D eigenvalue weighted by Gasteiger charge is -2.48. The van der Waals surface area contributed by atoms with Crippen molar-refractivity contribution in [2.45, 2.75) is 77.0 Å². The molecule has 0 bridgehead atoms. The highest BCUT2D eigenvalue weighted by Gasteiger charge is 2.40. The summed E-state index contributed by atoms with van der Waals surface area (Å²) in [6.07, 6.45) is 10.3. The second-order valence-corrected chi connectivity index (χ2v) is 17.6. The van der Waals surface area contributed by atoms with Crippen molar-refractivity contribution in [3.8, 4) is 5.75 Å². The molecular formula is C43H65ClN4O6S. The van der Waals surface area contributed by atoms with Crippen molar-refractivity contribution in [3.05, 3.63) is 70.3 Å². The van der Waals surface area contributed by atoms with E-state index in [1.165, 1.54) is 24.0 Å². The van der Waals surface area contributed by atoms with Gasteiger partial charge in [0.25, 0.3) is 5.91 Å². The molecule has 0 radical (unpaired) electrons. The summed E-state index contributed by atoms with van der Waals surface area (Å²) < 4.78 is 33.2. The molecule has 3 heterocycles. The molecule has 3 fully saturated rings. The topological polar surface area (TPSA) is 104 Å². The third kappa shape index (κ3) is 11.8. The number of aliphatic hydroxyl groups excluding tert-OH is 1. The highest BCUT2D eigenvalue weighted by molar-refractivity contribution is 7.84. The van der Waals surface area contributed by atoms with Gasteiger partial charge in [-0.2, -0.15) is 0 Å². The first-order valence-corrected chi connectivity index (χ1v) is 22.1. The van der Waals surface area contributed by atoms with Gasteiger partial charge in [-0.25, -0.2) is 4.21 Å². The van der Waals surface area contributed by atoms with Gasteiger partial charge in [0.1, 0.15) is 16.7 Å². The average molecular weight is 802 g/mol. The van der Waals surface area contributed by atoms with Gasteiger partial charge < -0.3 is 24.2 Å². The number of nitrogens with one attached hydrogen (secondary N) is 1. The number of fused-ring (bicyclic) bond motifs is 2. The Bertz CT molecular complexity index is 1580. The van der Waals surface area contributed by atoms with Crippen LogP contribution in [0.5, 0.6) is 5.75 Å². The number of rotatable bonds is 15. The number of carbonyl (C=O) groups excluding carboxylic acids is 1. The standard InChI is InChI=1S/C41H59ClN4O5S.C2H6O/c1-5-7-9-32(22-44-16-17-45-18-19-50-28-36(45)25-44)38-13-10-33(38)23-46-24-34(37-14-12-35(42)20-30(37)8-6-2)27-51-40-15-11-31(21-39(40)46)41(47)43-52(48)29(3)26-49-4;1-2-3/h7,9,11-12,14-15,20-21,29,32-34,36,38H,5-6,8,10,13,16-19,22-28H2,1-4H3,(H,43,47);3H,2H2,1H3/b9-7+;. The second kappa shape index (κ2) is 21.9. The number of allylic oxidation sites excluding steroid dienone is 1.